The second kappa shape index (κ2) is 7.97. The average Bonchev–Trinajstić information content (AvgIpc) is 2.59. The third-order valence-corrected chi connectivity index (χ3v) is 4.32. The Balaban J connectivity index is 1.72. The van der Waals surface area contributed by atoms with Gasteiger partial charge in [0.1, 0.15) is 0 Å². The van der Waals surface area contributed by atoms with Crippen LogP contribution in [-0.2, 0) is 6.54 Å². The summed E-state index contributed by atoms with van der Waals surface area (Å²) < 4.78 is 0. The van der Waals surface area contributed by atoms with Gasteiger partial charge in [0.2, 0.25) is 0 Å². The fraction of sp³-hybridized carbons (Fsp3) is 0.421. The van der Waals surface area contributed by atoms with Crippen molar-refractivity contribution >= 4 is 11.5 Å². The first-order valence-corrected chi connectivity index (χ1v) is 8.60. The number of pyridine rings is 1. The summed E-state index contributed by atoms with van der Waals surface area (Å²) in [6.07, 6.45) is 5.90. The van der Waals surface area contributed by atoms with E-state index in [0.717, 1.165) is 37.6 Å². The van der Waals surface area contributed by atoms with Crippen molar-refractivity contribution in [2.45, 2.75) is 38.9 Å². The maximum absolute atomic E-state index is 4.53. The van der Waals surface area contributed by atoms with Crippen molar-refractivity contribution in [2.24, 2.45) is 0 Å². The number of hydrogen-bond acceptors (Lipinski definition) is 4. The number of anilines is 2. The molecule has 1 fully saturated rings. The van der Waals surface area contributed by atoms with E-state index in [4.69, 9.17) is 0 Å². The molecule has 2 aromatic rings. The van der Waals surface area contributed by atoms with Gasteiger partial charge in [-0.2, -0.15) is 0 Å². The highest BCUT2D eigenvalue weighted by Crippen LogP contribution is 2.24. The van der Waals surface area contributed by atoms with Gasteiger partial charge in [-0.25, -0.2) is 4.98 Å². The van der Waals surface area contributed by atoms with Crippen molar-refractivity contribution in [3.8, 4) is 0 Å². The molecule has 0 spiro atoms. The molecule has 0 radical (unpaired) electrons. The van der Waals surface area contributed by atoms with E-state index in [2.05, 4.69) is 63.8 Å². The molecule has 0 bridgehead atoms. The largest absolute Gasteiger partial charge is 0.382 e. The van der Waals surface area contributed by atoms with Crippen LogP contribution in [-0.4, -0.2) is 29.1 Å². The molecule has 3 rings (SSSR count). The quantitative estimate of drug-likeness (QED) is 0.848. The van der Waals surface area contributed by atoms with Gasteiger partial charge in [0, 0.05) is 25.8 Å². The Kier molecular flexibility index (Phi) is 5.48. The van der Waals surface area contributed by atoms with Gasteiger partial charge in [-0.15, -0.1) is 0 Å². The summed E-state index contributed by atoms with van der Waals surface area (Å²) in [5.74, 6) is 0.958. The maximum Gasteiger partial charge on any atom is 0.150 e. The first kappa shape index (κ1) is 15.8. The minimum Gasteiger partial charge on any atom is -0.382 e. The van der Waals surface area contributed by atoms with Crippen LogP contribution < -0.4 is 10.6 Å². The number of rotatable bonds is 6. The van der Waals surface area contributed by atoms with Gasteiger partial charge in [-0.3, -0.25) is 4.90 Å². The number of nitrogens with zero attached hydrogens (tertiary/aromatic N) is 2. The van der Waals surface area contributed by atoms with Crippen LogP contribution in [0.25, 0.3) is 0 Å². The Bertz CT molecular complexity index is 599. The van der Waals surface area contributed by atoms with Crippen LogP contribution in [0.5, 0.6) is 0 Å². The first-order chi connectivity index (χ1) is 11.4. The molecule has 2 heterocycles. The van der Waals surface area contributed by atoms with E-state index >= 15 is 0 Å². The lowest BCUT2D eigenvalue weighted by molar-refractivity contribution is 0.158. The standard InChI is InChI=1S/C19H26N4/c1-2-20-17-11-8-13-21-19(17)22-18-12-6-7-14-23(18)15-16-9-4-3-5-10-16/h3-5,8-11,13,18,20H,2,6-7,12,14-15H2,1H3,(H,21,22). The number of likely N-dealkylation sites (tertiary alicyclic amines) is 1. The van der Waals surface area contributed by atoms with Crippen LogP contribution in [0.2, 0.25) is 0 Å². The van der Waals surface area contributed by atoms with Gasteiger partial charge in [0.25, 0.3) is 0 Å². The lowest BCUT2D eigenvalue weighted by atomic mass is 10.1. The lowest BCUT2D eigenvalue weighted by Crippen LogP contribution is -2.44. The third kappa shape index (κ3) is 4.23. The number of piperidine rings is 1. The molecule has 1 aliphatic heterocycles. The molecule has 1 atom stereocenters. The van der Waals surface area contributed by atoms with Crippen LogP contribution >= 0.6 is 0 Å². The zero-order valence-electron chi connectivity index (χ0n) is 13.8. The monoisotopic (exact) mass is 310 g/mol. The molecule has 2 N–H and O–H groups in total. The van der Waals surface area contributed by atoms with Gasteiger partial charge in [-0.1, -0.05) is 30.3 Å². The second-order valence-corrected chi connectivity index (χ2v) is 6.04. The molecule has 1 saturated heterocycles. The number of aromatic nitrogens is 1. The molecule has 4 heteroatoms. The molecule has 1 unspecified atom stereocenters. The molecule has 122 valence electrons. The van der Waals surface area contributed by atoms with E-state index in [0.29, 0.717) is 6.17 Å². The van der Waals surface area contributed by atoms with Gasteiger partial charge in [0.05, 0.1) is 11.9 Å². The summed E-state index contributed by atoms with van der Waals surface area (Å²) in [5, 5.41) is 7.04. The highest BCUT2D eigenvalue weighted by Gasteiger charge is 2.23. The van der Waals surface area contributed by atoms with Crippen LogP contribution in [0, 0.1) is 0 Å². The van der Waals surface area contributed by atoms with Crippen LogP contribution in [0.4, 0.5) is 11.5 Å². The molecule has 1 aromatic heterocycles. The van der Waals surface area contributed by atoms with Gasteiger partial charge < -0.3 is 10.6 Å². The number of nitrogens with one attached hydrogen (secondary N) is 2. The zero-order chi connectivity index (χ0) is 15.9. The summed E-state index contributed by atoms with van der Waals surface area (Å²) in [6.45, 7) is 5.13. The Morgan fingerprint density at radius 3 is 2.83 bits per heavy atom. The zero-order valence-corrected chi connectivity index (χ0v) is 13.8. The molecular formula is C19H26N4. The van der Waals surface area contributed by atoms with Gasteiger partial charge in [0.15, 0.2) is 5.82 Å². The average molecular weight is 310 g/mol. The lowest BCUT2D eigenvalue weighted by Gasteiger charge is -2.36. The predicted molar refractivity (Wildman–Crippen MR) is 96.5 cm³/mol. The van der Waals surface area contributed by atoms with E-state index in [1.165, 1.54) is 18.4 Å². The summed E-state index contributed by atoms with van der Waals surface area (Å²) >= 11 is 0. The molecule has 4 nitrogen and oxygen atoms in total. The van der Waals surface area contributed by atoms with Crippen molar-refractivity contribution in [1.82, 2.24) is 9.88 Å². The van der Waals surface area contributed by atoms with Gasteiger partial charge >= 0.3 is 0 Å². The van der Waals surface area contributed by atoms with Crippen molar-refractivity contribution < 1.29 is 0 Å². The van der Waals surface area contributed by atoms with Crippen molar-refractivity contribution in [1.29, 1.82) is 0 Å². The minimum absolute atomic E-state index is 0.344. The second-order valence-electron chi connectivity index (χ2n) is 6.04. The molecular weight excluding hydrogens is 284 g/mol. The summed E-state index contributed by atoms with van der Waals surface area (Å²) in [6, 6.07) is 14.8. The van der Waals surface area contributed by atoms with Crippen molar-refractivity contribution in [3.05, 3.63) is 54.2 Å². The SMILES string of the molecule is CCNc1cccnc1NC1CCCCN1Cc1ccccc1. The number of benzene rings is 1. The fourth-order valence-electron chi connectivity index (χ4n) is 3.17. The Morgan fingerprint density at radius 1 is 1.13 bits per heavy atom. The molecule has 23 heavy (non-hydrogen) atoms. The molecule has 0 aliphatic carbocycles. The van der Waals surface area contributed by atoms with E-state index in [9.17, 15) is 0 Å². The predicted octanol–water partition coefficient (Wildman–Crippen LogP) is 3.94. The Labute approximate surface area is 138 Å². The van der Waals surface area contributed by atoms with Crippen molar-refractivity contribution in [2.75, 3.05) is 23.7 Å². The molecule has 1 aliphatic rings. The number of hydrogen-bond donors (Lipinski definition) is 2. The molecule has 0 saturated carbocycles. The normalized spacial score (nSPS) is 18.6. The molecule has 0 amide bonds. The maximum atomic E-state index is 4.53. The smallest absolute Gasteiger partial charge is 0.150 e. The van der Waals surface area contributed by atoms with Crippen molar-refractivity contribution in [3.63, 3.8) is 0 Å². The topological polar surface area (TPSA) is 40.2 Å². The van der Waals surface area contributed by atoms with Crippen LogP contribution in [0.1, 0.15) is 31.7 Å². The third-order valence-electron chi connectivity index (χ3n) is 4.32. The summed E-state index contributed by atoms with van der Waals surface area (Å²) in [4.78, 5) is 7.06. The van der Waals surface area contributed by atoms with E-state index in [1.807, 2.05) is 12.3 Å². The molecule has 1 aromatic carbocycles. The Morgan fingerprint density at radius 2 is 2.00 bits per heavy atom. The fourth-order valence-corrected chi connectivity index (χ4v) is 3.17. The Hall–Kier alpha value is -2.07. The highest BCUT2D eigenvalue weighted by atomic mass is 15.3. The van der Waals surface area contributed by atoms with Crippen LogP contribution in [0.15, 0.2) is 48.7 Å². The van der Waals surface area contributed by atoms with E-state index in [1.54, 1.807) is 0 Å². The van der Waals surface area contributed by atoms with Crippen LogP contribution in [0.3, 0.4) is 0 Å². The van der Waals surface area contributed by atoms with E-state index in [-0.39, 0.29) is 0 Å². The van der Waals surface area contributed by atoms with Gasteiger partial charge in [-0.05, 0) is 43.9 Å². The summed E-state index contributed by atoms with van der Waals surface area (Å²) in [5.41, 5.74) is 2.45. The minimum atomic E-state index is 0.344. The first-order valence-electron chi connectivity index (χ1n) is 8.60. The van der Waals surface area contributed by atoms with E-state index < -0.39 is 0 Å². The highest BCUT2D eigenvalue weighted by molar-refractivity contribution is 5.64. The summed E-state index contributed by atoms with van der Waals surface area (Å²) in [7, 11) is 0.